The number of nitrogens with zero attached hydrogens (tertiary/aromatic N) is 5. The van der Waals surface area contributed by atoms with E-state index in [0.717, 1.165) is 24.9 Å². The van der Waals surface area contributed by atoms with Crippen molar-refractivity contribution >= 4 is 18.0 Å². The molecule has 1 fully saturated rings. The van der Waals surface area contributed by atoms with Crippen LogP contribution in [0.25, 0.3) is 5.69 Å². The van der Waals surface area contributed by atoms with Crippen molar-refractivity contribution in [2.45, 2.75) is 91.2 Å². The average molecular weight is 598 g/mol. The topological polar surface area (TPSA) is 127 Å². The van der Waals surface area contributed by atoms with Crippen LogP contribution in [-0.2, 0) is 33.5 Å². The van der Waals surface area contributed by atoms with E-state index in [1.807, 2.05) is 19.9 Å². The second-order valence-electron chi connectivity index (χ2n) is 13.1. The van der Waals surface area contributed by atoms with Crippen molar-refractivity contribution in [3.8, 4) is 5.69 Å². The number of ether oxygens (including phenoxy) is 2. The highest BCUT2D eigenvalue weighted by atomic mass is 16.6. The molecule has 2 atom stereocenters. The number of aryl methyl sites for hydroxylation is 2. The summed E-state index contributed by atoms with van der Waals surface area (Å²) in [6.07, 6.45) is 4.80. The van der Waals surface area contributed by atoms with Crippen LogP contribution in [0.2, 0.25) is 0 Å². The Morgan fingerprint density at radius 3 is 2.53 bits per heavy atom. The van der Waals surface area contributed by atoms with Gasteiger partial charge in [0.15, 0.2) is 5.69 Å². The molecule has 1 aliphatic carbocycles. The zero-order valence-corrected chi connectivity index (χ0v) is 26.5. The molecule has 43 heavy (non-hydrogen) atoms. The van der Waals surface area contributed by atoms with Gasteiger partial charge in [-0.1, -0.05) is 25.1 Å². The van der Waals surface area contributed by atoms with Gasteiger partial charge in [-0.2, -0.15) is 0 Å². The zero-order chi connectivity index (χ0) is 31.3. The summed E-state index contributed by atoms with van der Waals surface area (Å²) in [4.78, 5) is 43.6. The lowest BCUT2D eigenvalue weighted by Crippen LogP contribution is -2.57. The fraction of sp³-hybridized carbons (Fsp3) is 0.656. The van der Waals surface area contributed by atoms with E-state index in [1.165, 1.54) is 23.1 Å². The van der Waals surface area contributed by atoms with Crippen molar-refractivity contribution in [1.82, 2.24) is 24.8 Å². The summed E-state index contributed by atoms with van der Waals surface area (Å²) in [7, 11) is 1.33. The summed E-state index contributed by atoms with van der Waals surface area (Å²) >= 11 is 0. The Labute approximate surface area is 254 Å². The number of benzene rings is 1. The number of methoxy groups -OCH3 is 1. The third-order valence-electron chi connectivity index (χ3n) is 7.99. The number of rotatable bonds is 10. The van der Waals surface area contributed by atoms with Gasteiger partial charge in [-0.05, 0) is 94.9 Å². The number of esters is 1. The highest BCUT2D eigenvalue weighted by Gasteiger charge is 2.41. The van der Waals surface area contributed by atoms with E-state index in [4.69, 9.17) is 9.47 Å². The molecule has 1 saturated heterocycles. The maximum atomic E-state index is 14.4. The zero-order valence-electron chi connectivity index (χ0n) is 26.5. The van der Waals surface area contributed by atoms with Gasteiger partial charge in [-0.25, -0.2) is 9.48 Å². The van der Waals surface area contributed by atoms with Crippen LogP contribution in [0.3, 0.4) is 0 Å². The summed E-state index contributed by atoms with van der Waals surface area (Å²) in [5.41, 5.74) is 3.73. The molecule has 236 valence electrons. The molecular formula is C32H47N5O6. The largest absolute Gasteiger partial charge is 0.469 e. The number of aromatic nitrogens is 3. The lowest BCUT2D eigenvalue weighted by Gasteiger charge is -2.42. The minimum absolute atomic E-state index is 0.0562. The highest BCUT2D eigenvalue weighted by Crippen LogP contribution is 2.29. The van der Waals surface area contributed by atoms with Crippen molar-refractivity contribution in [1.29, 1.82) is 0 Å². The molecule has 4 rings (SSSR count). The lowest BCUT2D eigenvalue weighted by atomic mass is 9.92. The molecule has 0 unspecified atom stereocenters. The number of aliphatic hydroxyl groups excluding tert-OH is 1. The van der Waals surface area contributed by atoms with Gasteiger partial charge >= 0.3 is 12.1 Å². The molecule has 2 aliphatic rings. The molecule has 2 amide bonds. The van der Waals surface area contributed by atoms with Gasteiger partial charge in [0.05, 0.1) is 30.5 Å². The van der Waals surface area contributed by atoms with E-state index in [0.29, 0.717) is 37.9 Å². The second kappa shape index (κ2) is 13.9. The van der Waals surface area contributed by atoms with Gasteiger partial charge in [-0.15, -0.1) is 5.10 Å². The van der Waals surface area contributed by atoms with Gasteiger partial charge in [0.1, 0.15) is 5.60 Å². The van der Waals surface area contributed by atoms with Crippen LogP contribution >= 0.6 is 0 Å². The third kappa shape index (κ3) is 7.93. The maximum absolute atomic E-state index is 14.4. The molecule has 0 spiro atoms. The number of piperidine rings is 1. The number of likely N-dealkylation sites (tertiary alicyclic amines) is 1. The van der Waals surface area contributed by atoms with Gasteiger partial charge in [0.25, 0.3) is 5.91 Å². The molecule has 2 heterocycles. The van der Waals surface area contributed by atoms with Gasteiger partial charge in [0, 0.05) is 26.2 Å². The normalized spacial score (nSPS) is 18.5. The first-order chi connectivity index (χ1) is 20.4. The predicted molar refractivity (Wildman–Crippen MR) is 161 cm³/mol. The number of hydrogen-bond donors (Lipinski definition) is 1. The molecule has 11 nitrogen and oxygen atoms in total. The Morgan fingerprint density at radius 2 is 1.86 bits per heavy atom. The Kier molecular flexibility index (Phi) is 10.5. The van der Waals surface area contributed by atoms with Crippen molar-refractivity contribution < 1.29 is 29.0 Å². The van der Waals surface area contributed by atoms with E-state index >= 15 is 0 Å². The standard InChI is InChI=1S/C32H47N5O6/c1-21(2)18-36(26-17-24(30(40)42-6)19-35(20-26)31(41)43-32(3,4)5)29(39)28-27(12-7-8-15-38)37(34-33-28)25-14-13-22-10-9-11-23(22)16-25/h13-14,16,21,24,26,38H,7-12,15,17-20H2,1-6H3/t24-,26+/m1/s1. The van der Waals surface area contributed by atoms with Crippen LogP contribution < -0.4 is 0 Å². The summed E-state index contributed by atoms with van der Waals surface area (Å²) in [6, 6.07) is 5.82. The maximum Gasteiger partial charge on any atom is 0.410 e. The Hall–Kier alpha value is -3.47. The Balaban J connectivity index is 1.70. The van der Waals surface area contributed by atoms with Crippen LogP contribution in [0.5, 0.6) is 0 Å². The SMILES string of the molecule is COC(=O)[C@@H]1C[C@H](N(CC(C)C)C(=O)c2nnn(-c3ccc4c(c3)CCC4)c2CCCCO)CN(C(=O)OC(C)(C)C)C1. The number of aliphatic hydroxyl groups is 1. The molecule has 2 aromatic rings. The molecule has 1 N–H and O–H groups in total. The summed E-state index contributed by atoms with van der Waals surface area (Å²) in [5, 5.41) is 18.3. The van der Waals surface area contributed by atoms with E-state index < -0.39 is 29.6 Å². The van der Waals surface area contributed by atoms with Crippen molar-refractivity contribution in [3.63, 3.8) is 0 Å². The minimum atomic E-state index is -0.711. The molecule has 0 bridgehead atoms. The first-order valence-corrected chi connectivity index (χ1v) is 15.5. The molecule has 1 aromatic heterocycles. The quantitative estimate of drug-likeness (QED) is 0.322. The van der Waals surface area contributed by atoms with Crippen LogP contribution in [0.1, 0.15) is 87.6 Å². The number of unbranched alkanes of at least 4 members (excludes halogenated alkanes) is 1. The van der Waals surface area contributed by atoms with E-state index in [9.17, 15) is 19.5 Å². The van der Waals surface area contributed by atoms with E-state index in [-0.39, 0.29) is 37.2 Å². The van der Waals surface area contributed by atoms with Gasteiger partial charge in [0.2, 0.25) is 0 Å². The van der Waals surface area contributed by atoms with Gasteiger partial charge in [-0.3, -0.25) is 9.59 Å². The van der Waals surface area contributed by atoms with Gasteiger partial charge < -0.3 is 24.4 Å². The average Bonchev–Trinajstić information content (AvgIpc) is 3.60. The van der Waals surface area contributed by atoms with Crippen molar-refractivity contribution in [2.75, 3.05) is 33.4 Å². The number of carbonyl (C=O) groups excluding carboxylic acids is 3. The summed E-state index contributed by atoms with van der Waals surface area (Å²) < 4.78 is 12.5. The molecule has 0 saturated carbocycles. The monoisotopic (exact) mass is 597 g/mol. The highest BCUT2D eigenvalue weighted by molar-refractivity contribution is 5.94. The first kappa shape index (κ1) is 32.4. The number of carbonyl (C=O) groups is 3. The predicted octanol–water partition coefficient (Wildman–Crippen LogP) is 3.97. The fourth-order valence-electron chi connectivity index (χ4n) is 6.03. The van der Waals surface area contributed by atoms with Crippen molar-refractivity contribution in [2.24, 2.45) is 11.8 Å². The Bertz CT molecular complexity index is 1300. The van der Waals surface area contributed by atoms with Crippen LogP contribution in [-0.4, -0.2) is 92.9 Å². The molecule has 11 heteroatoms. The number of hydrogen-bond acceptors (Lipinski definition) is 8. The fourth-order valence-corrected chi connectivity index (χ4v) is 6.03. The summed E-state index contributed by atoms with van der Waals surface area (Å²) in [6.45, 7) is 10.3. The molecular weight excluding hydrogens is 550 g/mol. The van der Waals surface area contributed by atoms with Crippen LogP contribution in [0.15, 0.2) is 18.2 Å². The lowest BCUT2D eigenvalue weighted by molar-refractivity contribution is -0.148. The Morgan fingerprint density at radius 1 is 1.12 bits per heavy atom. The smallest absolute Gasteiger partial charge is 0.410 e. The van der Waals surface area contributed by atoms with Crippen LogP contribution in [0, 0.1) is 11.8 Å². The first-order valence-electron chi connectivity index (χ1n) is 15.5. The molecule has 1 aliphatic heterocycles. The minimum Gasteiger partial charge on any atom is -0.469 e. The number of amides is 2. The van der Waals surface area contributed by atoms with E-state index in [1.54, 1.807) is 30.4 Å². The molecule has 1 aromatic carbocycles. The van der Waals surface area contributed by atoms with Crippen LogP contribution in [0.4, 0.5) is 4.79 Å². The number of fused-ring (bicyclic) bond motifs is 1. The third-order valence-corrected chi connectivity index (χ3v) is 7.99. The van der Waals surface area contributed by atoms with Crippen molar-refractivity contribution in [3.05, 3.63) is 40.7 Å². The molecule has 0 radical (unpaired) electrons. The second-order valence-corrected chi connectivity index (χ2v) is 13.1. The van der Waals surface area contributed by atoms with E-state index in [2.05, 4.69) is 22.4 Å². The summed E-state index contributed by atoms with van der Waals surface area (Å²) in [5.74, 6) is -1.21.